The molecule has 1 aromatic heterocycles. The van der Waals surface area contributed by atoms with E-state index in [-0.39, 0.29) is 5.56 Å². The molecule has 0 radical (unpaired) electrons. The molecular formula is C18H24N2O. The van der Waals surface area contributed by atoms with Crippen LogP contribution in [-0.4, -0.2) is 11.5 Å². The number of aromatic nitrogens is 1. The van der Waals surface area contributed by atoms with E-state index in [1.54, 1.807) is 0 Å². The number of hydrogen-bond donors (Lipinski definition) is 2. The summed E-state index contributed by atoms with van der Waals surface area (Å²) >= 11 is 0. The zero-order chi connectivity index (χ0) is 15.2. The van der Waals surface area contributed by atoms with Gasteiger partial charge in [0.15, 0.2) is 0 Å². The van der Waals surface area contributed by atoms with Gasteiger partial charge in [0.05, 0.1) is 0 Å². The van der Waals surface area contributed by atoms with Crippen molar-refractivity contribution in [3.63, 3.8) is 0 Å². The molecule has 0 aliphatic heterocycles. The van der Waals surface area contributed by atoms with Gasteiger partial charge in [0.1, 0.15) is 0 Å². The summed E-state index contributed by atoms with van der Waals surface area (Å²) in [5, 5.41) is 3.30. The summed E-state index contributed by atoms with van der Waals surface area (Å²) in [4.78, 5) is 15.2. The molecule has 0 saturated heterocycles. The van der Waals surface area contributed by atoms with Gasteiger partial charge in [0.25, 0.3) is 5.56 Å². The summed E-state index contributed by atoms with van der Waals surface area (Å²) in [6.07, 6.45) is 2.30. The molecule has 2 rings (SSSR count). The molecule has 0 spiro atoms. The van der Waals surface area contributed by atoms with E-state index in [1.807, 2.05) is 12.1 Å². The lowest BCUT2D eigenvalue weighted by Crippen LogP contribution is -2.22. The molecule has 3 heteroatoms. The molecule has 0 unspecified atom stereocenters. The molecule has 0 aliphatic carbocycles. The van der Waals surface area contributed by atoms with Gasteiger partial charge in [-0.2, -0.15) is 0 Å². The van der Waals surface area contributed by atoms with Gasteiger partial charge in [-0.05, 0) is 44.5 Å². The van der Waals surface area contributed by atoms with Crippen LogP contribution in [0.25, 0.3) is 11.3 Å². The Morgan fingerprint density at radius 3 is 2.67 bits per heavy atom. The van der Waals surface area contributed by atoms with Gasteiger partial charge in [-0.15, -0.1) is 0 Å². The Morgan fingerprint density at radius 1 is 1.14 bits per heavy atom. The molecule has 0 aliphatic rings. The standard InChI is InChI=1S/C18H24N2O/c1-4-5-10-19-12-15-8-9-17(20-18(15)21)16-11-13(2)6-7-14(16)3/h6-9,11,19H,4-5,10,12H2,1-3H3,(H,20,21). The Bertz CT molecular complexity index is 659. The summed E-state index contributed by atoms with van der Waals surface area (Å²) in [5.41, 5.74) is 5.14. The summed E-state index contributed by atoms with van der Waals surface area (Å²) in [6, 6.07) is 10.2. The number of pyridine rings is 1. The van der Waals surface area contributed by atoms with E-state index in [9.17, 15) is 4.79 Å². The first-order chi connectivity index (χ1) is 10.1. The maximum absolute atomic E-state index is 12.2. The van der Waals surface area contributed by atoms with Crippen molar-refractivity contribution in [2.24, 2.45) is 0 Å². The zero-order valence-electron chi connectivity index (χ0n) is 13.1. The Hall–Kier alpha value is -1.87. The third-order valence-electron chi connectivity index (χ3n) is 3.70. The number of hydrogen-bond acceptors (Lipinski definition) is 2. The first-order valence-corrected chi connectivity index (χ1v) is 7.62. The molecule has 112 valence electrons. The minimum Gasteiger partial charge on any atom is -0.322 e. The van der Waals surface area contributed by atoms with Crippen LogP contribution in [0.1, 0.15) is 36.5 Å². The number of benzene rings is 1. The van der Waals surface area contributed by atoms with Gasteiger partial charge in [0.2, 0.25) is 0 Å². The van der Waals surface area contributed by atoms with Crippen molar-refractivity contribution in [1.82, 2.24) is 10.3 Å². The van der Waals surface area contributed by atoms with Crippen molar-refractivity contribution in [3.8, 4) is 11.3 Å². The molecular weight excluding hydrogens is 260 g/mol. The van der Waals surface area contributed by atoms with Gasteiger partial charge in [-0.25, -0.2) is 0 Å². The van der Waals surface area contributed by atoms with Crippen LogP contribution in [0.4, 0.5) is 0 Å². The fourth-order valence-corrected chi connectivity index (χ4v) is 2.35. The number of aromatic amines is 1. The van der Waals surface area contributed by atoms with E-state index in [0.29, 0.717) is 6.54 Å². The first kappa shape index (κ1) is 15.5. The topological polar surface area (TPSA) is 44.9 Å². The Morgan fingerprint density at radius 2 is 1.95 bits per heavy atom. The van der Waals surface area contributed by atoms with Gasteiger partial charge >= 0.3 is 0 Å². The second-order valence-corrected chi connectivity index (χ2v) is 5.58. The van der Waals surface area contributed by atoms with Gasteiger partial charge < -0.3 is 10.3 Å². The second kappa shape index (κ2) is 7.23. The average molecular weight is 284 g/mol. The second-order valence-electron chi connectivity index (χ2n) is 5.58. The van der Waals surface area contributed by atoms with Crippen LogP contribution < -0.4 is 10.9 Å². The van der Waals surface area contributed by atoms with Crippen molar-refractivity contribution in [3.05, 3.63) is 57.4 Å². The highest BCUT2D eigenvalue weighted by atomic mass is 16.1. The van der Waals surface area contributed by atoms with Crippen LogP contribution in [0.3, 0.4) is 0 Å². The summed E-state index contributed by atoms with van der Waals surface area (Å²) < 4.78 is 0. The SMILES string of the molecule is CCCCNCc1ccc(-c2cc(C)ccc2C)[nH]c1=O. The highest BCUT2D eigenvalue weighted by Crippen LogP contribution is 2.21. The third-order valence-corrected chi connectivity index (χ3v) is 3.70. The number of H-pyrrole nitrogens is 1. The van der Waals surface area contributed by atoms with Crippen LogP contribution in [0.15, 0.2) is 35.1 Å². The highest BCUT2D eigenvalue weighted by molar-refractivity contribution is 5.64. The fourth-order valence-electron chi connectivity index (χ4n) is 2.35. The number of nitrogens with one attached hydrogen (secondary N) is 2. The Labute approximate surface area is 126 Å². The van der Waals surface area contributed by atoms with E-state index >= 15 is 0 Å². The first-order valence-electron chi connectivity index (χ1n) is 7.62. The summed E-state index contributed by atoms with van der Waals surface area (Å²) in [5.74, 6) is 0. The van der Waals surface area contributed by atoms with Crippen LogP contribution in [-0.2, 0) is 6.54 Å². The lowest BCUT2D eigenvalue weighted by atomic mass is 10.0. The molecule has 2 N–H and O–H groups in total. The predicted molar refractivity (Wildman–Crippen MR) is 88.6 cm³/mol. The molecule has 0 amide bonds. The molecule has 2 aromatic rings. The average Bonchev–Trinajstić information content (AvgIpc) is 2.47. The summed E-state index contributed by atoms with van der Waals surface area (Å²) in [7, 11) is 0. The van der Waals surface area contributed by atoms with Crippen molar-refractivity contribution in [1.29, 1.82) is 0 Å². The van der Waals surface area contributed by atoms with E-state index in [4.69, 9.17) is 0 Å². The van der Waals surface area contributed by atoms with Crippen LogP contribution in [0, 0.1) is 13.8 Å². The van der Waals surface area contributed by atoms with Crippen LogP contribution >= 0.6 is 0 Å². The largest absolute Gasteiger partial charge is 0.322 e. The minimum absolute atomic E-state index is 0.00240. The van der Waals surface area contributed by atoms with Crippen LogP contribution in [0.2, 0.25) is 0 Å². The quantitative estimate of drug-likeness (QED) is 0.797. The van der Waals surface area contributed by atoms with Crippen molar-refractivity contribution < 1.29 is 0 Å². The Kier molecular flexibility index (Phi) is 5.34. The van der Waals surface area contributed by atoms with Crippen molar-refractivity contribution in [2.45, 2.75) is 40.2 Å². The maximum Gasteiger partial charge on any atom is 0.252 e. The smallest absolute Gasteiger partial charge is 0.252 e. The number of unbranched alkanes of at least 4 members (excludes halogenated alkanes) is 1. The van der Waals surface area contributed by atoms with E-state index in [2.05, 4.69) is 49.3 Å². The van der Waals surface area contributed by atoms with Gasteiger partial charge in [0, 0.05) is 23.4 Å². The van der Waals surface area contributed by atoms with E-state index in [1.165, 1.54) is 11.1 Å². The molecule has 3 nitrogen and oxygen atoms in total. The normalized spacial score (nSPS) is 10.8. The Balaban J connectivity index is 2.19. The zero-order valence-corrected chi connectivity index (χ0v) is 13.1. The van der Waals surface area contributed by atoms with Gasteiger partial charge in [-0.1, -0.05) is 37.1 Å². The lowest BCUT2D eigenvalue weighted by Gasteiger charge is -2.09. The number of rotatable bonds is 6. The molecule has 0 bridgehead atoms. The van der Waals surface area contributed by atoms with Crippen molar-refractivity contribution >= 4 is 0 Å². The highest BCUT2D eigenvalue weighted by Gasteiger charge is 2.06. The third kappa shape index (κ3) is 4.05. The van der Waals surface area contributed by atoms with E-state index in [0.717, 1.165) is 36.2 Å². The molecule has 0 atom stereocenters. The van der Waals surface area contributed by atoms with E-state index < -0.39 is 0 Å². The number of aryl methyl sites for hydroxylation is 2. The fraction of sp³-hybridized carbons (Fsp3) is 0.389. The minimum atomic E-state index is -0.00240. The van der Waals surface area contributed by atoms with Crippen molar-refractivity contribution in [2.75, 3.05) is 6.54 Å². The van der Waals surface area contributed by atoms with Gasteiger partial charge in [-0.3, -0.25) is 4.79 Å². The predicted octanol–water partition coefficient (Wildman–Crippen LogP) is 3.55. The molecule has 1 aromatic carbocycles. The van der Waals surface area contributed by atoms with Crippen LogP contribution in [0.5, 0.6) is 0 Å². The molecule has 0 saturated carbocycles. The molecule has 0 fully saturated rings. The monoisotopic (exact) mass is 284 g/mol. The molecule has 1 heterocycles. The maximum atomic E-state index is 12.2. The summed E-state index contributed by atoms with van der Waals surface area (Å²) in [6.45, 7) is 7.87. The lowest BCUT2D eigenvalue weighted by molar-refractivity contribution is 0.638. The molecule has 21 heavy (non-hydrogen) atoms.